The molecule has 0 spiro atoms. The fraction of sp³-hybridized carbons (Fsp3) is 0.407. The number of hydrogen-bond donors (Lipinski definition) is 1. The highest BCUT2D eigenvalue weighted by atomic mass is 32.2. The van der Waals surface area contributed by atoms with E-state index in [0.29, 0.717) is 47.3 Å². The van der Waals surface area contributed by atoms with Crippen molar-refractivity contribution in [3.8, 4) is 0 Å². The first-order valence-corrected chi connectivity index (χ1v) is 15.3. The van der Waals surface area contributed by atoms with Crippen LogP contribution in [0, 0.1) is 5.92 Å². The van der Waals surface area contributed by atoms with Crippen LogP contribution in [0.5, 0.6) is 0 Å². The zero-order valence-electron chi connectivity index (χ0n) is 22.0. The molecular formula is C27H32N4O6S2. The third-order valence-corrected chi connectivity index (χ3v) is 9.14. The normalized spacial score (nSPS) is 14.1. The molecule has 0 saturated carbocycles. The van der Waals surface area contributed by atoms with Crippen LogP contribution in [-0.4, -0.2) is 59.6 Å². The van der Waals surface area contributed by atoms with Gasteiger partial charge in [-0.2, -0.15) is 4.31 Å². The number of para-hydroxylation sites is 1. The second kappa shape index (κ2) is 12.8. The molecule has 39 heavy (non-hydrogen) atoms. The van der Waals surface area contributed by atoms with Crippen LogP contribution in [0.1, 0.15) is 33.1 Å². The summed E-state index contributed by atoms with van der Waals surface area (Å²) in [6.07, 6.45) is 2.48. The van der Waals surface area contributed by atoms with E-state index in [2.05, 4.69) is 24.1 Å². The van der Waals surface area contributed by atoms with Gasteiger partial charge in [0, 0.05) is 25.3 Å². The Morgan fingerprint density at radius 3 is 2.46 bits per heavy atom. The molecule has 10 nitrogen and oxygen atoms in total. The number of sulfonamides is 1. The van der Waals surface area contributed by atoms with Crippen molar-refractivity contribution in [2.24, 2.45) is 5.92 Å². The minimum atomic E-state index is -3.54. The lowest BCUT2D eigenvalue weighted by molar-refractivity contribution is -0.144. The highest BCUT2D eigenvalue weighted by molar-refractivity contribution is 7.99. The van der Waals surface area contributed by atoms with Gasteiger partial charge in [-0.25, -0.2) is 13.4 Å². The number of anilines is 1. The van der Waals surface area contributed by atoms with Crippen molar-refractivity contribution in [2.45, 2.75) is 49.7 Å². The molecule has 12 heteroatoms. The molecule has 2 heterocycles. The highest BCUT2D eigenvalue weighted by Gasteiger charge is 2.27. The van der Waals surface area contributed by atoms with Crippen LogP contribution in [0.3, 0.4) is 0 Å². The van der Waals surface area contributed by atoms with Crippen LogP contribution in [-0.2, 0) is 30.9 Å². The number of carbonyl (C=O) groups excluding carboxylic acids is 2. The Kier molecular flexibility index (Phi) is 9.41. The summed E-state index contributed by atoms with van der Waals surface area (Å²) in [7, 11) is -3.54. The van der Waals surface area contributed by atoms with E-state index in [1.807, 2.05) is 0 Å². The van der Waals surface area contributed by atoms with E-state index in [4.69, 9.17) is 4.74 Å². The third kappa shape index (κ3) is 7.25. The predicted octanol–water partition coefficient (Wildman–Crippen LogP) is 3.50. The van der Waals surface area contributed by atoms with Gasteiger partial charge in [0.2, 0.25) is 10.0 Å². The van der Waals surface area contributed by atoms with Gasteiger partial charge in [0.05, 0.1) is 21.6 Å². The van der Waals surface area contributed by atoms with Crippen LogP contribution >= 0.6 is 11.8 Å². The number of nitrogens with one attached hydrogen (secondary N) is 1. The van der Waals surface area contributed by atoms with E-state index in [0.717, 1.165) is 31.0 Å². The Balaban J connectivity index is 1.31. The number of hydrogen-bond acceptors (Lipinski definition) is 8. The van der Waals surface area contributed by atoms with E-state index in [9.17, 15) is 22.8 Å². The molecule has 0 aliphatic carbocycles. The first-order chi connectivity index (χ1) is 18.6. The van der Waals surface area contributed by atoms with Crippen molar-refractivity contribution >= 4 is 50.3 Å². The van der Waals surface area contributed by atoms with Gasteiger partial charge in [-0.15, -0.1) is 0 Å². The van der Waals surface area contributed by atoms with E-state index in [1.165, 1.54) is 28.6 Å². The fourth-order valence-electron chi connectivity index (χ4n) is 4.14. The Labute approximate surface area is 231 Å². The van der Waals surface area contributed by atoms with Crippen LogP contribution in [0.25, 0.3) is 10.9 Å². The van der Waals surface area contributed by atoms with Crippen molar-refractivity contribution in [1.82, 2.24) is 13.9 Å². The summed E-state index contributed by atoms with van der Waals surface area (Å²) in [5.74, 6) is -0.917. The Hall–Kier alpha value is -3.22. The SMILES string of the molecule is CC(C)CCn1c(SCC(=O)OCC(=O)Nc2ccc(S(=O)(=O)N3CCCC3)cc2)nc2ccccc2c1=O. The number of rotatable bonds is 11. The molecule has 0 atom stereocenters. The van der Waals surface area contributed by atoms with E-state index in [1.54, 1.807) is 28.8 Å². The van der Waals surface area contributed by atoms with E-state index < -0.39 is 28.5 Å². The first-order valence-electron chi connectivity index (χ1n) is 12.8. The van der Waals surface area contributed by atoms with Gasteiger partial charge in [0.1, 0.15) is 0 Å². The molecule has 208 valence electrons. The number of nitrogens with zero attached hydrogens (tertiary/aromatic N) is 3. The Morgan fingerprint density at radius 2 is 1.77 bits per heavy atom. The zero-order valence-corrected chi connectivity index (χ0v) is 23.6. The van der Waals surface area contributed by atoms with Crippen LogP contribution in [0.15, 0.2) is 63.4 Å². The van der Waals surface area contributed by atoms with Crippen molar-refractivity contribution in [3.05, 3.63) is 58.9 Å². The minimum Gasteiger partial charge on any atom is -0.455 e. The summed E-state index contributed by atoms with van der Waals surface area (Å²) in [6, 6.07) is 13.0. The van der Waals surface area contributed by atoms with Gasteiger partial charge in [0.15, 0.2) is 11.8 Å². The summed E-state index contributed by atoms with van der Waals surface area (Å²) in [5, 5.41) is 3.54. The standard InChI is InChI=1S/C27H32N4O6S2/c1-19(2)13-16-31-26(34)22-7-3-4-8-23(22)29-27(31)38-18-25(33)37-17-24(32)28-20-9-11-21(12-10-20)39(35,36)30-14-5-6-15-30/h3-4,7-12,19H,5-6,13-18H2,1-2H3,(H,28,32). The molecule has 1 aliphatic rings. The summed E-state index contributed by atoms with van der Waals surface area (Å²) >= 11 is 1.09. The lowest BCUT2D eigenvalue weighted by Gasteiger charge is -2.15. The van der Waals surface area contributed by atoms with Gasteiger partial charge in [0.25, 0.3) is 11.5 Å². The molecule has 1 aromatic heterocycles. The fourth-order valence-corrected chi connectivity index (χ4v) is 6.48. The minimum absolute atomic E-state index is 0.122. The smallest absolute Gasteiger partial charge is 0.316 e. The molecule has 0 radical (unpaired) electrons. The molecule has 0 unspecified atom stereocenters. The number of thioether (sulfide) groups is 1. The third-order valence-electron chi connectivity index (χ3n) is 6.28. The van der Waals surface area contributed by atoms with Gasteiger partial charge in [-0.1, -0.05) is 37.7 Å². The molecule has 1 aliphatic heterocycles. The average Bonchev–Trinajstić information content (AvgIpc) is 3.47. The maximum Gasteiger partial charge on any atom is 0.316 e. The number of carbonyl (C=O) groups is 2. The lowest BCUT2D eigenvalue weighted by Crippen LogP contribution is -2.27. The molecular weight excluding hydrogens is 540 g/mol. The number of aromatic nitrogens is 2. The van der Waals surface area contributed by atoms with Crippen molar-refractivity contribution in [3.63, 3.8) is 0 Å². The molecule has 1 fully saturated rings. The maximum atomic E-state index is 13.0. The van der Waals surface area contributed by atoms with Crippen LogP contribution < -0.4 is 10.9 Å². The lowest BCUT2D eigenvalue weighted by atomic mass is 10.1. The summed E-state index contributed by atoms with van der Waals surface area (Å²) in [6.45, 7) is 5.14. The van der Waals surface area contributed by atoms with Gasteiger partial charge in [-0.05, 0) is 61.6 Å². The number of benzene rings is 2. The topological polar surface area (TPSA) is 128 Å². The van der Waals surface area contributed by atoms with Crippen LogP contribution in [0.2, 0.25) is 0 Å². The summed E-state index contributed by atoms with van der Waals surface area (Å²) in [5.41, 5.74) is 0.786. The first kappa shape index (κ1) is 28.8. The van der Waals surface area contributed by atoms with Crippen molar-refractivity contribution in [1.29, 1.82) is 0 Å². The largest absolute Gasteiger partial charge is 0.455 e. The second-order valence-corrected chi connectivity index (χ2v) is 12.6. The van der Waals surface area contributed by atoms with E-state index in [-0.39, 0.29) is 16.2 Å². The molecule has 4 rings (SSSR count). The molecule has 1 saturated heterocycles. The average molecular weight is 573 g/mol. The second-order valence-electron chi connectivity index (χ2n) is 9.68. The van der Waals surface area contributed by atoms with Crippen molar-refractivity contribution < 1.29 is 22.7 Å². The maximum absolute atomic E-state index is 13.0. The van der Waals surface area contributed by atoms with Crippen LogP contribution in [0.4, 0.5) is 5.69 Å². The summed E-state index contributed by atoms with van der Waals surface area (Å²) < 4.78 is 33.4. The Morgan fingerprint density at radius 1 is 1.08 bits per heavy atom. The number of fused-ring (bicyclic) bond motifs is 1. The van der Waals surface area contributed by atoms with Gasteiger partial charge >= 0.3 is 5.97 Å². The zero-order chi connectivity index (χ0) is 28.0. The number of amides is 1. The summed E-state index contributed by atoms with van der Waals surface area (Å²) in [4.78, 5) is 42.5. The van der Waals surface area contributed by atoms with Gasteiger partial charge in [-0.3, -0.25) is 19.0 Å². The molecule has 1 amide bonds. The van der Waals surface area contributed by atoms with Crippen molar-refractivity contribution in [2.75, 3.05) is 30.8 Å². The predicted molar refractivity (Wildman–Crippen MR) is 150 cm³/mol. The monoisotopic (exact) mass is 572 g/mol. The molecule has 0 bridgehead atoms. The molecule has 2 aromatic carbocycles. The van der Waals surface area contributed by atoms with E-state index >= 15 is 0 Å². The molecule has 1 N–H and O–H groups in total. The molecule has 3 aromatic rings. The number of ether oxygens (including phenoxy) is 1. The number of esters is 1. The quantitative estimate of drug-likeness (QED) is 0.210. The Bertz CT molecular complexity index is 1500. The highest BCUT2D eigenvalue weighted by Crippen LogP contribution is 2.22. The van der Waals surface area contributed by atoms with Gasteiger partial charge < -0.3 is 10.1 Å².